The minimum atomic E-state index is -0.137. The van der Waals surface area contributed by atoms with Crippen LogP contribution in [0.15, 0.2) is 66.8 Å². The SMILES string of the molecule is N/C(C=O)=C\C1C=CC(c2nccc(Nc3ccc4[nH]ncc4c3)n2)=CN1. The van der Waals surface area contributed by atoms with Crippen LogP contribution >= 0.6 is 0 Å². The largest absolute Gasteiger partial charge is 0.396 e. The van der Waals surface area contributed by atoms with Gasteiger partial charge in [-0.2, -0.15) is 5.10 Å². The molecular formula is C19H17N7O. The van der Waals surface area contributed by atoms with Crippen LogP contribution in [-0.2, 0) is 4.79 Å². The summed E-state index contributed by atoms with van der Waals surface area (Å²) >= 11 is 0. The van der Waals surface area contributed by atoms with Crippen molar-refractivity contribution in [2.24, 2.45) is 5.73 Å². The monoisotopic (exact) mass is 359 g/mol. The third-order valence-corrected chi connectivity index (χ3v) is 4.05. The molecule has 2 aromatic heterocycles. The predicted octanol–water partition coefficient (Wildman–Crippen LogP) is 2.01. The summed E-state index contributed by atoms with van der Waals surface area (Å²) in [5, 5.41) is 14.4. The highest BCUT2D eigenvalue weighted by Crippen LogP contribution is 2.21. The number of carbonyl (C=O) groups is 1. The van der Waals surface area contributed by atoms with Gasteiger partial charge in [-0.3, -0.25) is 9.89 Å². The average molecular weight is 359 g/mol. The van der Waals surface area contributed by atoms with E-state index in [0.29, 0.717) is 17.9 Å². The Hall–Kier alpha value is -3.94. The highest BCUT2D eigenvalue weighted by molar-refractivity contribution is 5.82. The summed E-state index contributed by atoms with van der Waals surface area (Å²) in [5.41, 5.74) is 8.44. The van der Waals surface area contributed by atoms with E-state index in [4.69, 9.17) is 5.73 Å². The van der Waals surface area contributed by atoms with Crippen molar-refractivity contribution in [1.82, 2.24) is 25.5 Å². The van der Waals surface area contributed by atoms with E-state index in [0.717, 1.165) is 22.2 Å². The molecule has 1 aliphatic rings. The lowest BCUT2D eigenvalue weighted by Crippen LogP contribution is -2.24. The Kier molecular flexibility index (Phi) is 4.36. The van der Waals surface area contributed by atoms with Crippen molar-refractivity contribution in [3.05, 3.63) is 72.6 Å². The second-order valence-electron chi connectivity index (χ2n) is 6.00. The van der Waals surface area contributed by atoms with E-state index in [1.54, 1.807) is 30.7 Å². The Morgan fingerprint density at radius 1 is 1.30 bits per heavy atom. The van der Waals surface area contributed by atoms with Gasteiger partial charge in [0.2, 0.25) is 0 Å². The van der Waals surface area contributed by atoms with Gasteiger partial charge in [-0.15, -0.1) is 0 Å². The van der Waals surface area contributed by atoms with Gasteiger partial charge < -0.3 is 16.4 Å². The summed E-state index contributed by atoms with van der Waals surface area (Å²) in [6, 6.07) is 7.58. The van der Waals surface area contributed by atoms with Gasteiger partial charge in [0.15, 0.2) is 12.1 Å². The smallest absolute Gasteiger partial charge is 0.165 e. The van der Waals surface area contributed by atoms with Crippen LogP contribution in [0.2, 0.25) is 0 Å². The van der Waals surface area contributed by atoms with Gasteiger partial charge in [-0.05, 0) is 30.3 Å². The first-order chi connectivity index (χ1) is 13.2. The van der Waals surface area contributed by atoms with Gasteiger partial charge in [0.25, 0.3) is 0 Å². The number of aromatic nitrogens is 4. The summed E-state index contributed by atoms with van der Waals surface area (Å²) < 4.78 is 0. The minimum Gasteiger partial charge on any atom is -0.396 e. The number of rotatable bonds is 5. The molecule has 0 radical (unpaired) electrons. The molecule has 4 rings (SSSR count). The molecule has 0 saturated carbocycles. The molecule has 1 unspecified atom stereocenters. The molecule has 5 N–H and O–H groups in total. The zero-order valence-corrected chi connectivity index (χ0v) is 14.3. The fourth-order valence-electron chi connectivity index (χ4n) is 2.72. The quantitative estimate of drug-likeness (QED) is 0.406. The number of nitrogens with two attached hydrogens (primary N) is 1. The fraction of sp³-hybridized carbons (Fsp3) is 0.0526. The zero-order chi connectivity index (χ0) is 18.6. The number of fused-ring (bicyclic) bond motifs is 1. The first-order valence-corrected chi connectivity index (χ1v) is 8.32. The second-order valence-corrected chi connectivity index (χ2v) is 6.00. The van der Waals surface area contributed by atoms with Crippen LogP contribution in [0.5, 0.6) is 0 Å². The number of hydrogen-bond donors (Lipinski definition) is 4. The van der Waals surface area contributed by atoms with Crippen LogP contribution in [0.25, 0.3) is 16.5 Å². The molecule has 0 spiro atoms. The number of hydrogen-bond acceptors (Lipinski definition) is 7. The third kappa shape index (κ3) is 3.69. The van der Waals surface area contributed by atoms with Crippen LogP contribution in [0.4, 0.5) is 11.5 Å². The Bertz CT molecular complexity index is 1080. The van der Waals surface area contributed by atoms with Crippen LogP contribution in [-0.4, -0.2) is 32.5 Å². The number of dihydropyridines is 1. The highest BCUT2D eigenvalue weighted by Gasteiger charge is 2.10. The van der Waals surface area contributed by atoms with E-state index in [-0.39, 0.29) is 11.7 Å². The standard InChI is InChI=1S/C19H17N7O/c20-14(11-27)8-15-2-1-12(9-22-15)19-21-6-5-18(25-19)24-16-3-4-17-13(7-16)10-23-26-17/h1-11,15,22H,20H2,(H,23,26)(H,21,24,25)/b14-8-. The topological polar surface area (TPSA) is 122 Å². The molecule has 134 valence electrons. The van der Waals surface area contributed by atoms with Crippen molar-refractivity contribution in [3.63, 3.8) is 0 Å². The van der Waals surface area contributed by atoms with Crippen molar-refractivity contribution < 1.29 is 4.79 Å². The second kappa shape index (κ2) is 7.12. The summed E-state index contributed by atoms with van der Waals surface area (Å²) in [5.74, 6) is 1.27. The van der Waals surface area contributed by atoms with Crippen LogP contribution in [0.1, 0.15) is 5.82 Å². The minimum absolute atomic E-state index is 0.137. The fourth-order valence-corrected chi connectivity index (χ4v) is 2.72. The Morgan fingerprint density at radius 2 is 2.22 bits per heavy atom. The summed E-state index contributed by atoms with van der Waals surface area (Å²) in [6.45, 7) is 0. The number of nitrogens with zero attached hydrogens (tertiary/aromatic N) is 3. The number of nitrogens with one attached hydrogen (secondary N) is 3. The van der Waals surface area contributed by atoms with Crippen molar-refractivity contribution >= 4 is 34.3 Å². The van der Waals surface area contributed by atoms with Gasteiger partial charge in [-0.1, -0.05) is 12.2 Å². The third-order valence-electron chi connectivity index (χ3n) is 4.05. The Morgan fingerprint density at radius 3 is 3.04 bits per heavy atom. The molecule has 0 saturated heterocycles. The molecule has 8 heteroatoms. The number of benzene rings is 1. The Balaban J connectivity index is 1.51. The Labute approximate surface area is 154 Å². The number of allylic oxidation sites excluding steroid dienone is 3. The normalized spacial score (nSPS) is 16.7. The van der Waals surface area contributed by atoms with Gasteiger partial charge in [-0.25, -0.2) is 9.97 Å². The summed E-state index contributed by atoms with van der Waals surface area (Å²) in [6.07, 6.45) is 11.3. The predicted molar refractivity (Wildman–Crippen MR) is 104 cm³/mol. The van der Waals surface area contributed by atoms with Crippen molar-refractivity contribution in [2.75, 3.05) is 5.32 Å². The van der Waals surface area contributed by atoms with Gasteiger partial charge >= 0.3 is 0 Å². The van der Waals surface area contributed by atoms with E-state index in [2.05, 4.69) is 30.8 Å². The van der Waals surface area contributed by atoms with Gasteiger partial charge in [0.1, 0.15) is 5.82 Å². The molecule has 3 heterocycles. The number of aldehydes is 1. The van der Waals surface area contributed by atoms with E-state index in [1.807, 2.05) is 30.4 Å². The molecule has 8 nitrogen and oxygen atoms in total. The number of carbonyl (C=O) groups excluding carboxylic acids is 1. The molecule has 1 aliphatic heterocycles. The van der Waals surface area contributed by atoms with Crippen LogP contribution < -0.4 is 16.4 Å². The molecule has 27 heavy (non-hydrogen) atoms. The molecule has 0 fully saturated rings. The van der Waals surface area contributed by atoms with Gasteiger partial charge in [0.05, 0.1) is 23.5 Å². The molecule has 0 aliphatic carbocycles. The zero-order valence-electron chi connectivity index (χ0n) is 14.3. The van der Waals surface area contributed by atoms with Crippen LogP contribution in [0, 0.1) is 0 Å². The first-order valence-electron chi connectivity index (χ1n) is 8.32. The maximum absolute atomic E-state index is 10.6. The molecule has 0 bridgehead atoms. The summed E-state index contributed by atoms with van der Waals surface area (Å²) in [4.78, 5) is 19.5. The number of aromatic amines is 1. The molecule has 0 amide bonds. The summed E-state index contributed by atoms with van der Waals surface area (Å²) in [7, 11) is 0. The first kappa shape index (κ1) is 16.5. The average Bonchev–Trinajstić information content (AvgIpc) is 3.16. The number of H-pyrrole nitrogens is 1. The maximum Gasteiger partial charge on any atom is 0.165 e. The van der Waals surface area contributed by atoms with E-state index in [9.17, 15) is 4.79 Å². The van der Waals surface area contributed by atoms with E-state index < -0.39 is 0 Å². The lowest BCUT2D eigenvalue weighted by molar-refractivity contribution is -0.105. The number of anilines is 2. The molecule has 3 aromatic rings. The van der Waals surface area contributed by atoms with E-state index >= 15 is 0 Å². The molecule has 1 aromatic carbocycles. The molecular weight excluding hydrogens is 342 g/mol. The van der Waals surface area contributed by atoms with Gasteiger partial charge in [0, 0.05) is 29.0 Å². The van der Waals surface area contributed by atoms with Crippen molar-refractivity contribution in [3.8, 4) is 0 Å². The van der Waals surface area contributed by atoms with Crippen LogP contribution in [0.3, 0.4) is 0 Å². The lowest BCUT2D eigenvalue weighted by Gasteiger charge is -2.15. The molecule has 1 atom stereocenters. The van der Waals surface area contributed by atoms with Crippen molar-refractivity contribution in [2.45, 2.75) is 6.04 Å². The highest BCUT2D eigenvalue weighted by atomic mass is 16.1. The maximum atomic E-state index is 10.6. The lowest BCUT2D eigenvalue weighted by atomic mass is 10.1. The van der Waals surface area contributed by atoms with Crippen molar-refractivity contribution in [1.29, 1.82) is 0 Å². The van der Waals surface area contributed by atoms with E-state index in [1.165, 1.54) is 0 Å².